The molecule has 0 nitrogen and oxygen atoms in total. The third-order valence-electron chi connectivity index (χ3n) is 0. The Bertz CT molecular complexity index is 11.7. The van der Waals surface area contributed by atoms with Crippen molar-refractivity contribution in [3.63, 3.8) is 0 Å². The number of rotatable bonds is 0. The van der Waals surface area contributed by atoms with Crippen LogP contribution in [0, 0.1) is 0 Å². The first kappa shape index (κ1) is 95.0. The zero-order valence-corrected chi connectivity index (χ0v) is 10.1. The van der Waals surface area contributed by atoms with Crippen LogP contribution in [0.4, 0.5) is 0 Å². The summed E-state index contributed by atoms with van der Waals surface area (Å²) >= 11 is 0. The fourth-order valence-corrected chi connectivity index (χ4v) is 0. The summed E-state index contributed by atoms with van der Waals surface area (Å²) in [5.74, 6) is 0. The van der Waals surface area contributed by atoms with Crippen molar-refractivity contribution in [1.82, 2.24) is 0 Å². The van der Waals surface area contributed by atoms with Gasteiger partial charge in [-0.2, -0.15) is 0 Å². The summed E-state index contributed by atoms with van der Waals surface area (Å²) in [6, 6.07) is 0. The molecule has 7 heteroatoms. The maximum atomic E-state index is 0. The molecule has 0 aliphatic rings. The van der Waals surface area contributed by atoms with Crippen LogP contribution in [-0.4, -0.2) is 8.41 Å². The quantitative estimate of drug-likeness (QED) is 0.386. The molecule has 7 heavy (non-hydrogen) atoms. The molecule has 3 radical (unpaired) electrons. The van der Waals surface area contributed by atoms with Gasteiger partial charge in [-0.1, -0.05) is 0 Å². The van der Waals surface area contributed by atoms with Crippen LogP contribution >= 0.6 is 0 Å². The van der Waals surface area contributed by atoms with Crippen molar-refractivity contribution < 1.29 is 98.7 Å². The van der Waals surface area contributed by atoms with Crippen LogP contribution in [0.5, 0.6) is 0 Å². The van der Waals surface area contributed by atoms with Crippen molar-refractivity contribution in [2.75, 3.05) is 0 Å². The first-order valence-electron chi connectivity index (χ1n) is 0. The smallest absolute Gasteiger partial charge is 1.00 e. The monoisotopic (exact) mass is 277 g/mol. The fourth-order valence-electron chi connectivity index (χ4n) is 0. The molecule has 41 valence electrons. The van der Waals surface area contributed by atoms with Gasteiger partial charge >= 0.3 is 49.0 Å². The molecule has 0 aliphatic carbocycles. The van der Waals surface area contributed by atoms with Gasteiger partial charge < -0.3 is 49.6 Å². The number of halogens is 4. The van der Waals surface area contributed by atoms with Crippen LogP contribution in [0.2, 0.25) is 0 Å². The van der Waals surface area contributed by atoms with Crippen molar-refractivity contribution in [1.29, 1.82) is 0 Å². The summed E-state index contributed by atoms with van der Waals surface area (Å²) in [4.78, 5) is 0. The first-order chi connectivity index (χ1) is 0. The molecular formula is BCl4NaRh. The molecule has 0 heterocycles. The van der Waals surface area contributed by atoms with Gasteiger partial charge in [-0.25, -0.2) is 0 Å². The predicted molar refractivity (Wildman–Crippen MR) is 5.75 cm³/mol. The molecule has 0 aromatic rings. The Morgan fingerprint density at radius 1 is 0.571 bits per heavy atom. The molecule has 0 amide bonds. The van der Waals surface area contributed by atoms with E-state index in [4.69, 9.17) is 0 Å². The van der Waals surface area contributed by atoms with Gasteiger partial charge in [0.15, 0.2) is 0 Å². The van der Waals surface area contributed by atoms with Crippen molar-refractivity contribution >= 4 is 8.41 Å². The third-order valence-corrected chi connectivity index (χ3v) is 0. The van der Waals surface area contributed by atoms with Crippen molar-refractivity contribution in [2.45, 2.75) is 0 Å². The SMILES string of the molecule is [B].[Cl-].[Cl-].[Cl-].[Cl-].[Na+].[Rh+3]. The minimum absolute atomic E-state index is 0. The predicted octanol–water partition coefficient (Wildman–Crippen LogP) is -15.4. The fraction of sp³-hybridized carbons (Fsp3) is 0. The second-order valence-corrected chi connectivity index (χ2v) is 0. The van der Waals surface area contributed by atoms with E-state index in [2.05, 4.69) is 0 Å². The van der Waals surface area contributed by atoms with E-state index < -0.39 is 0 Å². The molecule has 0 spiro atoms. The normalized spacial score (nSPS) is 0. The van der Waals surface area contributed by atoms with Gasteiger partial charge in [0.1, 0.15) is 0 Å². The zero-order valence-electron chi connectivity index (χ0n) is 3.42. The molecule has 0 fully saturated rings. The Morgan fingerprint density at radius 3 is 0.571 bits per heavy atom. The van der Waals surface area contributed by atoms with E-state index in [1.54, 1.807) is 0 Å². The van der Waals surface area contributed by atoms with E-state index in [0.29, 0.717) is 0 Å². The van der Waals surface area contributed by atoms with Crippen molar-refractivity contribution in [3.8, 4) is 0 Å². The summed E-state index contributed by atoms with van der Waals surface area (Å²) in [7, 11) is 0. The summed E-state index contributed by atoms with van der Waals surface area (Å²) in [6.07, 6.45) is 0. The van der Waals surface area contributed by atoms with E-state index >= 15 is 0 Å². The molecule has 0 atom stereocenters. The van der Waals surface area contributed by atoms with Gasteiger partial charge in [-0.05, 0) is 0 Å². The zero-order chi connectivity index (χ0) is 0. The average Bonchev–Trinajstić information content (AvgIpc) is 0. The molecule has 0 saturated carbocycles. The Morgan fingerprint density at radius 2 is 0.571 bits per heavy atom. The summed E-state index contributed by atoms with van der Waals surface area (Å²) in [6.45, 7) is 0. The minimum Gasteiger partial charge on any atom is -1.00 e. The molecule has 0 aromatic heterocycles. The second kappa shape index (κ2) is 67.2. The van der Waals surface area contributed by atoms with Crippen LogP contribution in [0.25, 0.3) is 0 Å². The van der Waals surface area contributed by atoms with Crippen LogP contribution in [-0.2, 0) is 19.5 Å². The summed E-state index contributed by atoms with van der Waals surface area (Å²) in [5.41, 5.74) is 0. The molecular weight excluding hydrogens is 279 g/mol. The Hall–Kier alpha value is 2.85. The molecule has 0 rings (SSSR count). The van der Waals surface area contributed by atoms with E-state index in [0.717, 1.165) is 0 Å². The topological polar surface area (TPSA) is 0 Å². The Labute approximate surface area is 106 Å². The van der Waals surface area contributed by atoms with Gasteiger partial charge in [-0.15, -0.1) is 0 Å². The van der Waals surface area contributed by atoms with Gasteiger partial charge in [-0.3, -0.25) is 0 Å². The molecule has 0 saturated heterocycles. The van der Waals surface area contributed by atoms with E-state index in [-0.39, 0.29) is 107 Å². The van der Waals surface area contributed by atoms with Crippen molar-refractivity contribution in [3.05, 3.63) is 0 Å². The molecule has 0 N–H and O–H groups in total. The Kier molecular flexibility index (Phi) is 912. The molecule has 0 unspecified atom stereocenters. The summed E-state index contributed by atoms with van der Waals surface area (Å²) < 4.78 is 0. The largest absolute Gasteiger partial charge is 3.00 e. The standard InChI is InChI=1S/B.4ClH.Na.Rh/h;4*1H;;/q;;;;;+1;+3/p-4. The van der Waals surface area contributed by atoms with Crippen LogP contribution < -0.4 is 79.2 Å². The number of hydrogen-bond donors (Lipinski definition) is 0. The van der Waals surface area contributed by atoms with Gasteiger partial charge in [0.25, 0.3) is 0 Å². The third kappa shape index (κ3) is 51.2. The van der Waals surface area contributed by atoms with E-state index in [1.165, 1.54) is 0 Å². The maximum Gasteiger partial charge on any atom is 3.00 e. The molecule has 0 aliphatic heterocycles. The second-order valence-electron chi connectivity index (χ2n) is 0. The Balaban J connectivity index is 0. The summed E-state index contributed by atoms with van der Waals surface area (Å²) in [5, 5.41) is 0. The number of hydrogen-bond acceptors (Lipinski definition) is 0. The minimum atomic E-state index is 0. The van der Waals surface area contributed by atoms with Gasteiger partial charge in [0.05, 0.1) is 0 Å². The average molecular weight is 279 g/mol. The van der Waals surface area contributed by atoms with E-state index in [9.17, 15) is 0 Å². The molecule has 0 bridgehead atoms. The molecule has 0 aromatic carbocycles. The van der Waals surface area contributed by atoms with Crippen LogP contribution in [0.15, 0.2) is 0 Å². The van der Waals surface area contributed by atoms with Gasteiger partial charge in [0, 0.05) is 8.41 Å². The van der Waals surface area contributed by atoms with E-state index in [1.807, 2.05) is 0 Å². The van der Waals surface area contributed by atoms with Crippen LogP contribution in [0.1, 0.15) is 0 Å². The van der Waals surface area contributed by atoms with Crippen LogP contribution in [0.3, 0.4) is 0 Å². The van der Waals surface area contributed by atoms with Gasteiger partial charge in [0.2, 0.25) is 0 Å². The van der Waals surface area contributed by atoms with Crippen molar-refractivity contribution in [2.24, 2.45) is 0 Å². The maximum absolute atomic E-state index is 0. The first-order valence-corrected chi connectivity index (χ1v) is 0.